The van der Waals surface area contributed by atoms with E-state index in [9.17, 15) is 9.59 Å². The van der Waals surface area contributed by atoms with E-state index in [0.717, 1.165) is 28.7 Å². The maximum Gasteiger partial charge on any atom is 0.224 e. The van der Waals surface area contributed by atoms with Crippen LogP contribution in [0.1, 0.15) is 33.0 Å². The number of ketones is 1. The molecule has 1 aliphatic heterocycles. The SMILES string of the molecule is Cn1c(Cc2cccs2)nnc1SCC(=O)c1ccc2c(c1)CCC(=O)N2. The van der Waals surface area contributed by atoms with E-state index in [4.69, 9.17) is 0 Å². The first-order valence-electron chi connectivity index (χ1n) is 8.59. The van der Waals surface area contributed by atoms with Gasteiger partial charge in [-0.2, -0.15) is 0 Å². The average Bonchev–Trinajstić information content (AvgIpc) is 3.30. The number of carbonyl (C=O) groups excluding carboxylic acids is 2. The second-order valence-electron chi connectivity index (χ2n) is 6.35. The van der Waals surface area contributed by atoms with Gasteiger partial charge < -0.3 is 9.88 Å². The van der Waals surface area contributed by atoms with Gasteiger partial charge in [-0.3, -0.25) is 9.59 Å². The van der Waals surface area contributed by atoms with Crippen molar-refractivity contribution in [1.29, 1.82) is 0 Å². The number of Topliss-reactive ketones (excluding diaryl/α,β-unsaturated/α-hetero) is 1. The Hall–Kier alpha value is -2.45. The van der Waals surface area contributed by atoms with E-state index in [-0.39, 0.29) is 11.7 Å². The fraction of sp³-hybridized carbons (Fsp3) is 0.263. The molecule has 1 N–H and O–H groups in total. The second kappa shape index (κ2) is 7.66. The van der Waals surface area contributed by atoms with Gasteiger partial charge in [0.1, 0.15) is 5.82 Å². The third kappa shape index (κ3) is 3.96. The number of aromatic nitrogens is 3. The highest BCUT2D eigenvalue weighted by atomic mass is 32.2. The van der Waals surface area contributed by atoms with Gasteiger partial charge in [-0.25, -0.2) is 0 Å². The summed E-state index contributed by atoms with van der Waals surface area (Å²) in [6.07, 6.45) is 1.88. The number of thiophene rings is 1. The minimum absolute atomic E-state index is 0.0257. The molecule has 0 atom stereocenters. The molecule has 0 radical (unpaired) electrons. The van der Waals surface area contributed by atoms with E-state index in [0.29, 0.717) is 24.2 Å². The summed E-state index contributed by atoms with van der Waals surface area (Å²) in [6.45, 7) is 0. The molecule has 0 aliphatic carbocycles. The lowest BCUT2D eigenvalue weighted by Gasteiger charge is -2.17. The fourth-order valence-electron chi connectivity index (χ4n) is 2.96. The Morgan fingerprint density at radius 3 is 3.00 bits per heavy atom. The molecule has 27 heavy (non-hydrogen) atoms. The van der Waals surface area contributed by atoms with Gasteiger partial charge in [-0.05, 0) is 41.6 Å². The highest BCUT2D eigenvalue weighted by Crippen LogP contribution is 2.25. The number of aryl methyl sites for hydroxylation is 1. The molecule has 0 unspecified atom stereocenters. The molecule has 3 aromatic rings. The lowest BCUT2D eigenvalue weighted by molar-refractivity contribution is -0.116. The van der Waals surface area contributed by atoms with Crippen LogP contribution in [0.15, 0.2) is 40.9 Å². The van der Waals surface area contributed by atoms with Crippen LogP contribution in [0.3, 0.4) is 0 Å². The number of thioether (sulfide) groups is 1. The Bertz CT molecular complexity index is 995. The number of fused-ring (bicyclic) bond motifs is 1. The molecule has 4 rings (SSSR count). The number of anilines is 1. The first-order chi connectivity index (χ1) is 13.1. The Morgan fingerprint density at radius 2 is 2.19 bits per heavy atom. The van der Waals surface area contributed by atoms with Crippen molar-refractivity contribution in [3.63, 3.8) is 0 Å². The van der Waals surface area contributed by atoms with Crippen LogP contribution in [0.25, 0.3) is 0 Å². The average molecular weight is 399 g/mol. The quantitative estimate of drug-likeness (QED) is 0.509. The number of amides is 1. The van der Waals surface area contributed by atoms with Gasteiger partial charge in [0, 0.05) is 36.0 Å². The molecule has 1 amide bonds. The van der Waals surface area contributed by atoms with Crippen molar-refractivity contribution in [3.05, 3.63) is 57.5 Å². The summed E-state index contributed by atoms with van der Waals surface area (Å²) >= 11 is 3.09. The van der Waals surface area contributed by atoms with Gasteiger partial charge in [-0.1, -0.05) is 17.8 Å². The summed E-state index contributed by atoms with van der Waals surface area (Å²) in [5.41, 5.74) is 2.49. The molecule has 0 saturated carbocycles. The van der Waals surface area contributed by atoms with Crippen LogP contribution >= 0.6 is 23.1 Å². The van der Waals surface area contributed by atoms with Crippen molar-refractivity contribution < 1.29 is 9.59 Å². The summed E-state index contributed by atoms with van der Waals surface area (Å²) in [4.78, 5) is 25.3. The Labute approximate surface area is 165 Å². The third-order valence-corrected chi connectivity index (χ3v) is 6.39. The molecule has 1 aliphatic rings. The third-order valence-electron chi connectivity index (χ3n) is 4.49. The highest BCUT2D eigenvalue weighted by molar-refractivity contribution is 7.99. The molecular weight excluding hydrogens is 380 g/mol. The monoisotopic (exact) mass is 398 g/mol. The molecule has 2 aromatic heterocycles. The first-order valence-corrected chi connectivity index (χ1v) is 10.5. The van der Waals surface area contributed by atoms with Crippen LogP contribution in [0.5, 0.6) is 0 Å². The number of hydrogen-bond donors (Lipinski definition) is 1. The van der Waals surface area contributed by atoms with Gasteiger partial charge in [0.2, 0.25) is 5.91 Å². The fourth-order valence-corrected chi connectivity index (χ4v) is 4.49. The maximum atomic E-state index is 12.6. The molecule has 0 saturated heterocycles. The predicted molar refractivity (Wildman–Crippen MR) is 107 cm³/mol. The smallest absolute Gasteiger partial charge is 0.224 e. The molecule has 6 nitrogen and oxygen atoms in total. The van der Waals surface area contributed by atoms with Crippen molar-refractivity contribution in [2.24, 2.45) is 7.05 Å². The van der Waals surface area contributed by atoms with E-state index in [1.54, 1.807) is 17.4 Å². The van der Waals surface area contributed by atoms with Crippen LogP contribution in [0, 0.1) is 0 Å². The minimum atomic E-state index is 0.0257. The van der Waals surface area contributed by atoms with E-state index in [2.05, 4.69) is 21.6 Å². The first kappa shape index (κ1) is 17.9. The summed E-state index contributed by atoms with van der Waals surface area (Å²) in [6, 6.07) is 9.57. The standard InChI is InChI=1S/C19H18N4O2S2/c1-23-17(10-14-3-2-8-26-14)21-22-19(23)27-11-16(24)13-4-6-15-12(9-13)5-7-18(25)20-15/h2-4,6,8-9H,5,7,10-11H2,1H3,(H,20,25). The van der Waals surface area contributed by atoms with Gasteiger partial charge in [0.25, 0.3) is 0 Å². The van der Waals surface area contributed by atoms with Crippen molar-refractivity contribution >= 4 is 40.5 Å². The maximum absolute atomic E-state index is 12.6. The Kier molecular flexibility index (Phi) is 5.09. The lowest BCUT2D eigenvalue weighted by atomic mass is 9.99. The topological polar surface area (TPSA) is 76.9 Å². The zero-order valence-electron chi connectivity index (χ0n) is 14.8. The number of nitrogens with one attached hydrogen (secondary N) is 1. The van der Waals surface area contributed by atoms with Crippen LogP contribution < -0.4 is 5.32 Å². The van der Waals surface area contributed by atoms with Gasteiger partial charge in [-0.15, -0.1) is 21.5 Å². The van der Waals surface area contributed by atoms with Crippen LogP contribution in [-0.2, 0) is 24.7 Å². The zero-order chi connectivity index (χ0) is 18.8. The zero-order valence-corrected chi connectivity index (χ0v) is 16.4. The lowest BCUT2D eigenvalue weighted by Crippen LogP contribution is -2.19. The van der Waals surface area contributed by atoms with Crippen LogP contribution in [0.2, 0.25) is 0 Å². The Morgan fingerprint density at radius 1 is 1.30 bits per heavy atom. The van der Waals surface area contributed by atoms with Crippen molar-refractivity contribution in [1.82, 2.24) is 14.8 Å². The summed E-state index contributed by atoms with van der Waals surface area (Å²) < 4.78 is 1.94. The number of nitrogens with zero attached hydrogens (tertiary/aromatic N) is 3. The number of hydrogen-bond acceptors (Lipinski definition) is 6. The highest BCUT2D eigenvalue weighted by Gasteiger charge is 2.18. The molecule has 138 valence electrons. The van der Waals surface area contributed by atoms with E-state index in [1.165, 1.54) is 16.6 Å². The minimum Gasteiger partial charge on any atom is -0.326 e. The molecule has 0 fully saturated rings. The number of carbonyl (C=O) groups is 2. The molecule has 0 spiro atoms. The Balaban J connectivity index is 1.41. The van der Waals surface area contributed by atoms with Gasteiger partial charge in [0.15, 0.2) is 10.9 Å². The van der Waals surface area contributed by atoms with E-state index >= 15 is 0 Å². The predicted octanol–water partition coefficient (Wildman–Crippen LogP) is 3.33. The number of benzene rings is 1. The second-order valence-corrected chi connectivity index (χ2v) is 8.32. The van der Waals surface area contributed by atoms with Crippen LogP contribution in [0.4, 0.5) is 5.69 Å². The number of rotatable bonds is 6. The summed E-state index contributed by atoms with van der Waals surface area (Å²) in [5.74, 6) is 1.26. The molecule has 1 aromatic carbocycles. The van der Waals surface area contributed by atoms with E-state index in [1.807, 2.05) is 35.2 Å². The normalized spacial score (nSPS) is 13.3. The molecule has 0 bridgehead atoms. The van der Waals surface area contributed by atoms with Crippen LogP contribution in [-0.4, -0.2) is 32.2 Å². The molecular formula is C19H18N4O2S2. The van der Waals surface area contributed by atoms with Crippen molar-refractivity contribution in [3.8, 4) is 0 Å². The van der Waals surface area contributed by atoms with Gasteiger partial charge in [0.05, 0.1) is 5.75 Å². The molecule has 3 heterocycles. The van der Waals surface area contributed by atoms with Crippen molar-refractivity contribution in [2.45, 2.75) is 24.4 Å². The van der Waals surface area contributed by atoms with E-state index < -0.39 is 0 Å². The van der Waals surface area contributed by atoms with Crippen molar-refractivity contribution in [2.75, 3.05) is 11.1 Å². The largest absolute Gasteiger partial charge is 0.326 e. The summed E-state index contributed by atoms with van der Waals surface area (Å²) in [7, 11) is 1.93. The molecule has 8 heteroatoms. The summed E-state index contributed by atoms with van der Waals surface area (Å²) in [5, 5.41) is 14.1. The van der Waals surface area contributed by atoms with Gasteiger partial charge >= 0.3 is 0 Å².